The van der Waals surface area contributed by atoms with Crippen molar-refractivity contribution in [1.29, 1.82) is 0 Å². The van der Waals surface area contributed by atoms with E-state index in [1.165, 1.54) is 6.07 Å². The first-order valence-electron chi connectivity index (χ1n) is 6.61. The van der Waals surface area contributed by atoms with Crippen molar-refractivity contribution in [2.75, 3.05) is 13.1 Å². The molecule has 104 valence electrons. The van der Waals surface area contributed by atoms with E-state index in [-0.39, 0.29) is 29.4 Å². The van der Waals surface area contributed by atoms with Crippen molar-refractivity contribution in [1.82, 2.24) is 10.6 Å². The number of phenolic OH excluding ortho intramolecular Hbond substituents is 2. The number of rotatable bonds is 6. The molecule has 1 aliphatic rings. The summed E-state index contributed by atoms with van der Waals surface area (Å²) < 4.78 is 0. The minimum Gasteiger partial charge on any atom is -0.508 e. The van der Waals surface area contributed by atoms with Crippen LogP contribution in [0.5, 0.6) is 11.5 Å². The van der Waals surface area contributed by atoms with Crippen LogP contribution in [0, 0.1) is 5.92 Å². The molecule has 5 heteroatoms. The minimum atomic E-state index is -0.0431. The van der Waals surface area contributed by atoms with Crippen LogP contribution in [-0.2, 0) is 4.79 Å². The summed E-state index contributed by atoms with van der Waals surface area (Å²) >= 11 is 0. The van der Waals surface area contributed by atoms with Gasteiger partial charge in [-0.2, -0.15) is 0 Å². The number of amides is 1. The van der Waals surface area contributed by atoms with E-state index in [4.69, 9.17) is 0 Å². The first-order valence-corrected chi connectivity index (χ1v) is 6.61. The summed E-state index contributed by atoms with van der Waals surface area (Å²) in [7, 11) is 0. The molecule has 19 heavy (non-hydrogen) atoms. The van der Waals surface area contributed by atoms with Gasteiger partial charge in [0.2, 0.25) is 5.91 Å². The Labute approximate surface area is 112 Å². The van der Waals surface area contributed by atoms with Crippen LogP contribution in [0.2, 0.25) is 0 Å². The monoisotopic (exact) mass is 264 g/mol. The molecule has 1 fully saturated rings. The lowest BCUT2D eigenvalue weighted by Gasteiger charge is -2.16. The van der Waals surface area contributed by atoms with Gasteiger partial charge >= 0.3 is 0 Å². The SMILES string of the molecule is CC(NCCNC(=O)C1CC1)c1ccc(O)cc1O. The molecule has 0 heterocycles. The van der Waals surface area contributed by atoms with Gasteiger partial charge in [0, 0.05) is 36.7 Å². The second kappa shape index (κ2) is 5.93. The Balaban J connectivity index is 1.74. The second-order valence-corrected chi connectivity index (χ2v) is 4.98. The summed E-state index contributed by atoms with van der Waals surface area (Å²) in [6, 6.07) is 4.51. The van der Waals surface area contributed by atoms with E-state index in [1.807, 2.05) is 6.92 Å². The van der Waals surface area contributed by atoms with Crippen molar-refractivity contribution < 1.29 is 15.0 Å². The highest BCUT2D eigenvalue weighted by Gasteiger charge is 2.28. The van der Waals surface area contributed by atoms with Crippen molar-refractivity contribution >= 4 is 5.91 Å². The maximum atomic E-state index is 11.4. The third kappa shape index (κ3) is 3.86. The van der Waals surface area contributed by atoms with E-state index in [2.05, 4.69) is 10.6 Å². The van der Waals surface area contributed by atoms with E-state index in [9.17, 15) is 15.0 Å². The number of benzene rings is 1. The predicted octanol–water partition coefficient (Wildman–Crippen LogP) is 1.27. The number of hydrogen-bond donors (Lipinski definition) is 4. The van der Waals surface area contributed by atoms with Gasteiger partial charge in [0.1, 0.15) is 11.5 Å². The highest BCUT2D eigenvalue weighted by atomic mass is 16.3. The molecule has 1 amide bonds. The van der Waals surface area contributed by atoms with Crippen LogP contribution in [0.3, 0.4) is 0 Å². The van der Waals surface area contributed by atoms with Crippen molar-refractivity contribution in [3.05, 3.63) is 23.8 Å². The number of phenols is 2. The van der Waals surface area contributed by atoms with Gasteiger partial charge in [0.25, 0.3) is 0 Å². The van der Waals surface area contributed by atoms with Crippen LogP contribution in [-0.4, -0.2) is 29.2 Å². The van der Waals surface area contributed by atoms with E-state index in [0.717, 1.165) is 18.4 Å². The fraction of sp³-hybridized carbons (Fsp3) is 0.500. The topological polar surface area (TPSA) is 81.6 Å². The first kappa shape index (κ1) is 13.7. The molecular weight excluding hydrogens is 244 g/mol. The molecule has 0 bridgehead atoms. The molecule has 0 saturated heterocycles. The molecule has 0 aliphatic heterocycles. The summed E-state index contributed by atoms with van der Waals surface area (Å²) in [5, 5.41) is 25.0. The summed E-state index contributed by atoms with van der Waals surface area (Å²) in [4.78, 5) is 11.4. The van der Waals surface area contributed by atoms with E-state index >= 15 is 0 Å². The lowest BCUT2D eigenvalue weighted by molar-refractivity contribution is -0.122. The lowest BCUT2D eigenvalue weighted by Crippen LogP contribution is -2.33. The fourth-order valence-electron chi connectivity index (χ4n) is 1.97. The smallest absolute Gasteiger partial charge is 0.223 e. The molecule has 0 aromatic heterocycles. The highest BCUT2D eigenvalue weighted by molar-refractivity contribution is 5.80. The number of aromatic hydroxyl groups is 2. The largest absolute Gasteiger partial charge is 0.508 e. The Morgan fingerprint density at radius 2 is 2.11 bits per heavy atom. The zero-order valence-electron chi connectivity index (χ0n) is 11.0. The number of carbonyl (C=O) groups excluding carboxylic acids is 1. The fourth-order valence-corrected chi connectivity index (χ4v) is 1.97. The maximum absolute atomic E-state index is 11.4. The quantitative estimate of drug-likeness (QED) is 0.583. The zero-order chi connectivity index (χ0) is 13.8. The van der Waals surface area contributed by atoms with Gasteiger partial charge in [-0.15, -0.1) is 0 Å². The van der Waals surface area contributed by atoms with Gasteiger partial charge in [-0.05, 0) is 25.8 Å². The standard InChI is InChI=1S/C14H20N2O3/c1-9(12-5-4-11(17)8-13(12)18)15-6-7-16-14(19)10-2-3-10/h4-5,8-10,15,17-18H,2-3,6-7H2,1H3,(H,16,19). The molecule has 1 aliphatic carbocycles. The van der Waals surface area contributed by atoms with Crippen molar-refractivity contribution in [2.24, 2.45) is 5.92 Å². The molecule has 2 rings (SSSR count). The van der Waals surface area contributed by atoms with Crippen molar-refractivity contribution in [3.63, 3.8) is 0 Å². The van der Waals surface area contributed by atoms with Crippen molar-refractivity contribution in [2.45, 2.75) is 25.8 Å². The Morgan fingerprint density at radius 1 is 1.37 bits per heavy atom. The van der Waals surface area contributed by atoms with E-state index in [0.29, 0.717) is 13.1 Å². The maximum Gasteiger partial charge on any atom is 0.223 e. The van der Waals surface area contributed by atoms with Gasteiger partial charge in [0.05, 0.1) is 0 Å². The summed E-state index contributed by atoms with van der Waals surface area (Å²) in [6.07, 6.45) is 2.02. The number of nitrogens with one attached hydrogen (secondary N) is 2. The lowest BCUT2D eigenvalue weighted by atomic mass is 10.1. The number of carbonyl (C=O) groups is 1. The Bertz CT molecular complexity index is 458. The highest BCUT2D eigenvalue weighted by Crippen LogP contribution is 2.29. The average Bonchev–Trinajstić information content (AvgIpc) is 3.18. The van der Waals surface area contributed by atoms with Gasteiger partial charge in [-0.1, -0.05) is 6.07 Å². The molecule has 0 spiro atoms. The third-order valence-electron chi connectivity index (χ3n) is 3.30. The molecule has 1 atom stereocenters. The zero-order valence-corrected chi connectivity index (χ0v) is 11.0. The molecule has 1 aromatic rings. The minimum absolute atomic E-state index is 0.0431. The molecule has 4 N–H and O–H groups in total. The summed E-state index contributed by atoms with van der Waals surface area (Å²) in [6.45, 7) is 3.15. The second-order valence-electron chi connectivity index (χ2n) is 4.98. The Hall–Kier alpha value is -1.75. The van der Waals surface area contributed by atoms with Crippen LogP contribution in [0.25, 0.3) is 0 Å². The van der Waals surface area contributed by atoms with Crippen LogP contribution in [0.1, 0.15) is 31.4 Å². The van der Waals surface area contributed by atoms with Gasteiger partial charge < -0.3 is 20.8 Å². The molecule has 1 unspecified atom stereocenters. The molecule has 0 radical (unpaired) electrons. The Morgan fingerprint density at radius 3 is 2.74 bits per heavy atom. The van der Waals surface area contributed by atoms with Crippen LogP contribution in [0.4, 0.5) is 0 Å². The predicted molar refractivity (Wildman–Crippen MR) is 71.9 cm³/mol. The van der Waals surface area contributed by atoms with Gasteiger partial charge in [-0.3, -0.25) is 4.79 Å². The van der Waals surface area contributed by atoms with E-state index < -0.39 is 0 Å². The van der Waals surface area contributed by atoms with Crippen LogP contribution < -0.4 is 10.6 Å². The average molecular weight is 264 g/mol. The first-order chi connectivity index (χ1) is 9.08. The Kier molecular flexibility index (Phi) is 4.27. The third-order valence-corrected chi connectivity index (χ3v) is 3.30. The van der Waals surface area contributed by atoms with Crippen molar-refractivity contribution in [3.8, 4) is 11.5 Å². The van der Waals surface area contributed by atoms with Crippen LogP contribution in [0.15, 0.2) is 18.2 Å². The van der Waals surface area contributed by atoms with Gasteiger partial charge in [-0.25, -0.2) is 0 Å². The van der Waals surface area contributed by atoms with E-state index in [1.54, 1.807) is 12.1 Å². The van der Waals surface area contributed by atoms with Crippen LogP contribution >= 0.6 is 0 Å². The molecule has 1 saturated carbocycles. The summed E-state index contributed by atoms with van der Waals surface area (Å²) in [5.74, 6) is 0.493. The molecular formula is C14H20N2O3. The number of hydrogen-bond acceptors (Lipinski definition) is 4. The summed E-state index contributed by atoms with van der Waals surface area (Å²) in [5.41, 5.74) is 0.728. The normalized spacial score (nSPS) is 16.1. The van der Waals surface area contributed by atoms with Gasteiger partial charge in [0.15, 0.2) is 0 Å². The molecule has 5 nitrogen and oxygen atoms in total. The molecule has 1 aromatic carbocycles.